The summed E-state index contributed by atoms with van der Waals surface area (Å²) in [7, 11) is -2.33. The molecule has 1 aliphatic heterocycles. The van der Waals surface area contributed by atoms with E-state index in [1.807, 2.05) is 33.9 Å². The predicted molar refractivity (Wildman–Crippen MR) is 93.9 cm³/mol. The number of nitrogens with one attached hydrogen (secondary N) is 1. The van der Waals surface area contributed by atoms with Crippen LogP contribution in [0.25, 0.3) is 0 Å². The molecule has 1 saturated heterocycles. The van der Waals surface area contributed by atoms with Crippen LogP contribution in [0, 0.1) is 0 Å². The number of aromatic nitrogens is 2. The lowest BCUT2D eigenvalue weighted by Crippen LogP contribution is -2.50. The Bertz CT molecular complexity index is 724. The van der Waals surface area contributed by atoms with E-state index in [0.29, 0.717) is 0 Å². The number of alkyl halides is 1. The lowest BCUT2D eigenvalue weighted by molar-refractivity contribution is -0.0768. The summed E-state index contributed by atoms with van der Waals surface area (Å²) in [5.74, 6) is 0. The minimum absolute atomic E-state index is 0.150. The Morgan fingerprint density at radius 1 is 1.40 bits per heavy atom. The first-order valence-corrected chi connectivity index (χ1v) is 11.2. The van der Waals surface area contributed by atoms with Crippen LogP contribution in [0.3, 0.4) is 0 Å². The van der Waals surface area contributed by atoms with E-state index in [0.717, 1.165) is 10.6 Å². The summed E-state index contributed by atoms with van der Waals surface area (Å²) < 4.78 is 27.9. The van der Waals surface area contributed by atoms with Crippen LogP contribution in [0.2, 0.25) is 18.1 Å². The van der Waals surface area contributed by atoms with Gasteiger partial charge in [-0.2, -0.15) is 0 Å². The summed E-state index contributed by atoms with van der Waals surface area (Å²) in [4.78, 5) is 25.3. The van der Waals surface area contributed by atoms with Crippen LogP contribution in [0.15, 0.2) is 21.9 Å². The van der Waals surface area contributed by atoms with Crippen molar-refractivity contribution >= 4 is 8.32 Å². The summed E-state index contributed by atoms with van der Waals surface area (Å²) >= 11 is 0. The number of hydrogen-bond donors (Lipinski definition) is 2. The van der Waals surface area contributed by atoms with E-state index in [4.69, 9.17) is 9.16 Å². The SMILES string of the molecule is C[C@@H](O)[C@H]1O[C@@H](n2ccc(=O)[nH]c2=O)C(F)C1O[Si](C)(C)C(C)(C)C. The molecule has 2 unspecified atom stereocenters. The largest absolute Gasteiger partial charge is 0.408 e. The number of H-pyrrole nitrogens is 1. The van der Waals surface area contributed by atoms with Crippen molar-refractivity contribution in [2.75, 3.05) is 0 Å². The third kappa shape index (κ3) is 3.94. The summed E-state index contributed by atoms with van der Waals surface area (Å²) in [6.07, 6.45) is -4.61. The van der Waals surface area contributed by atoms with Gasteiger partial charge in [-0.15, -0.1) is 0 Å². The standard InChI is InChI=1S/C16H27FN2O5Si/c1-9(20)12-13(24-25(5,6)16(2,3)4)11(17)14(23-12)19-8-7-10(21)18-15(19)22/h7-9,11-14,20H,1-6H3,(H,18,21,22)/t9-,11?,12-,13?,14-/m1/s1. The van der Waals surface area contributed by atoms with Gasteiger partial charge in [0.05, 0.1) is 6.10 Å². The summed E-state index contributed by atoms with van der Waals surface area (Å²) in [6, 6.07) is 1.12. The fourth-order valence-electron chi connectivity index (χ4n) is 2.54. The van der Waals surface area contributed by atoms with Crippen molar-refractivity contribution in [3.05, 3.63) is 33.1 Å². The molecule has 2 heterocycles. The molecule has 0 radical (unpaired) electrons. The number of aliphatic hydroxyl groups is 1. The van der Waals surface area contributed by atoms with E-state index in [1.165, 1.54) is 13.1 Å². The zero-order valence-corrected chi connectivity index (χ0v) is 16.4. The van der Waals surface area contributed by atoms with E-state index < -0.39 is 50.3 Å². The molecule has 7 nitrogen and oxygen atoms in total. The van der Waals surface area contributed by atoms with Crippen molar-refractivity contribution in [3.63, 3.8) is 0 Å². The number of aliphatic hydroxyl groups excluding tert-OH is 1. The number of hydrogen-bond acceptors (Lipinski definition) is 5. The Labute approximate surface area is 146 Å². The maximum Gasteiger partial charge on any atom is 0.330 e. The van der Waals surface area contributed by atoms with Crippen LogP contribution in [0.1, 0.15) is 33.9 Å². The smallest absolute Gasteiger partial charge is 0.330 e. The number of halogens is 1. The lowest BCUT2D eigenvalue weighted by Gasteiger charge is -2.40. The van der Waals surface area contributed by atoms with Crippen LogP contribution in [0.4, 0.5) is 4.39 Å². The second-order valence-electron chi connectivity index (χ2n) is 8.04. The minimum Gasteiger partial charge on any atom is -0.408 e. The van der Waals surface area contributed by atoms with Gasteiger partial charge in [-0.05, 0) is 25.1 Å². The Hall–Kier alpha value is -1.29. The molecule has 1 aromatic heterocycles. The van der Waals surface area contributed by atoms with Gasteiger partial charge in [-0.1, -0.05) is 20.8 Å². The molecule has 1 aromatic rings. The van der Waals surface area contributed by atoms with Gasteiger partial charge in [-0.3, -0.25) is 14.3 Å². The maximum atomic E-state index is 15.2. The first kappa shape index (κ1) is 20.0. The molecule has 0 bridgehead atoms. The van der Waals surface area contributed by atoms with Gasteiger partial charge in [0.2, 0.25) is 0 Å². The Kier molecular flexibility index (Phi) is 5.44. The second kappa shape index (κ2) is 6.79. The van der Waals surface area contributed by atoms with Crippen molar-refractivity contribution in [3.8, 4) is 0 Å². The molecule has 9 heteroatoms. The summed E-state index contributed by atoms with van der Waals surface area (Å²) in [5, 5.41) is 9.87. The summed E-state index contributed by atoms with van der Waals surface area (Å²) in [5.41, 5.74) is -1.34. The van der Waals surface area contributed by atoms with Crippen LogP contribution < -0.4 is 11.2 Å². The highest BCUT2D eigenvalue weighted by molar-refractivity contribution is 6.74. The van der Waals surface area contributed by atoms with Crippen molar-refractivity contribution < 1.29 is 18.7 Å². The average Bonchev–Trinajstić information content (AvgIpc) is 2.75. The second-order valence-corrected chi connectivity index (χ2v) is 12.8. The molecule has 0 spiro atoms. The van der Waals surface area contributed by atoms with Gasteiger partial charge in [0.1, 0.15) is 12.2 Å². The van der Waals surface area contributed by atoms with Crippen molar-refractivity contribution in [2.24, 2.45) is 0 Å². The van der Waals surface area contributed by atoms with Crippen LogP contribution in [-0.2, 0) is 9.16 Å². The van der Waals surface area contributed by atoms with Gasteiger partial charge in [0, 0.05) is 12.3 Å². The normalized spacial score (nSPS) is 29.0. The van der Waals surface area contributed by atoms with Gasteiger partial charge in [-0.25, -0.2) is 9.18 Å². The number of rotatable bonds is 4. The Morgan fingerprint density at radius 3 is 2.48 bits per heavy atom. The molecule has 2 rings (SSSR count). The molecule has 142 valence electrons. The fraction of sp³-hybridized carbons (Fsp3) is 0.750. The van der Waals surface area contributed by atoms with E-state index >= 15 is 4.39 Å². The average molecular weight is 374 g/mol. The third-order valence-electron chi connectivity index (χ3n) is 5.04. The van der Waals surface area contributed by atoms with Crippen molar-refractivity contribution in [1.29, 1.82) is 0 Å². The highest BCUT2D eigenvalue weighted by Crippen LogP contribution is 2.42. The highest BCUT2D eigenvalue weighted by Gasteiger charge is 2.52. The van der Waals surface area contributed by atoms with Crippen LogP contribution in [-0.4, -0.2) is 47.5 Å². The molecule has 5 atom stereocenters. The summed E-state index contributed by atoms with van der Waals surface area (Å²) in [6.45, 7) is 11.6. The van der Waals surface area contributed by atoms with Gasteiger partial charge >= 0.3 is 5.69 Å². The first-order chi connectivity index (χ1) is 11.3. The molecular formula is C16H27FN2O5Si. The topological polar surface area (TPSA) is 93.5 Å². The molecule has 0 amide bonds. The number of ether oxygens (including phenoxy) is 1. The van der Waals surface area contributed by atoms with Gasteiger partial charge in [0.15, 0.2) is 20.7 Å². The lowest BCUT2D eigenvalue weighted by atomic mass is 10.1. The number of aromatic amines is 1. The minimum atomic E-state index is -2.33. The molecular weight excluding hydrogens is 347 g/mol. The molecule has 0 aromatic carbocycles. The molecule has 0 saturated carbocycles. The third-order valence-corrected chi connectivity index (χ3v) is 9.52. The van der Waals surface area contributed by atoms with E-state index in [2.05, 4.69) is 4.98 Å². The van der Waals surface area contributed by atoms with Crippen LogP contribution in [0.5, 0.6) is 0 Å². The quantitative estimate of drug-likeness (QED) is 0.780. The molecule has 2 N–H and O–H groups in total. The predicted octanol–water partition coefficient (Wildman–Crippen LogP) is 1.54. The molecule has 25 heavy (non-hydrogen) atoms. The zero-order valence-electron chi connectivity index (χ0n) is 15.4. The molecule has 0 aliphatic carbocycles. The zero-order chi connectivity index (χ0) is 19.2. The number of nitrogens with zero attached hydrogens (tertiary/aromatic N) is 1. The van der Waals surface area contributed by atoms with Crippen molar-refractivity contribution in [2.45, 2.75) is 76.5 Å². The van der Waals surface area contributed by atoms with E-state index in [9.17, 15) is 14.7 Å². The maximum absolute atomic E-state index is 15.2. The Morgan fingerprint density at radius 2 is 2.00 bits per heavy atom. The highest BCUT2D eigenvalue weighted by atomic mass is 28.4. The van der Waals surface area contributed by atoms with Crippen LogP contribution >= 0.6 is 0 Å². The Balaban J connectivity index is 2.37. The molecule has 1 aliphatic rings. The van der Waals surface area contributed by atoms with Gasteiger partial charge < -0.3 is 14.3 Å². The monoisotopic (exact) mass is 374 g/mol. The van der Waals surface area contributed by atoms with E-state index in [-0.39, 0.29) is 5.04 Å². The van der Waals surface area contributed by atoms with Crippen molar-refractivity contribution in [1.82, 2.24) is 9.55 Å². The first-order valence-electron chi connectivity index (χ1n) is 8.32. The van der Waals surface area contributed by atoms with Gasteiger partial charge in [0.25, 0.3) is 5.56 Å². The fourth-order valence-corrected chi connectivity index (χ4v) is 3.84. The van der Waals surface area contributed by atoms with E-state index in [1.54, 1.807) is 0 Å². The molecule has 1 fully saturated rings.